The molecule has 19 heavy (non-hydrogen) atoms. The maximum atomic E-state index is 13.5. The van der Waals surface area contributed by atoms with Crippen LogP contribution in [-0.2, 0) is 0 Å². The van der Waals surface area contributed by atoms with E-state index in [9.17, 15) is 14.5 Å². The van der Waals surface area contributed by atoms with Crippen molar-refractivity contribution in [2.75, 3.05) is 0 Å². The highest BCUT2D eigenvalue weighted by molar-refractivity contribution is 9.10. The Morgan fingerprint density at radius 1 is 1.42 bits per heavy atom. The summed E-state index contributed by atoms with van der Waals surface area (Å²) in [6, 6.07) is 5.63. The first kappa shape index (κ1) is 13.4. The summed E-state index contributed by atoms with van der Waals surface area (Å²) in [5, 5.41) is 10.6. The van der Waals surface area contributed by atoms with Crippen LogP contribution in [0.15, 0.2) is 34.9 Å². The van der Waals surface area contributed by atoms with Crippen molar-refractivity contribution in [3.05, 3.63) is 56.4 Å². The van der Waals surface area contributed by atoms with Crippen LogP contribution in [0, 0.1) is 22.9 Å². The topological polar surface area (TPSA) is 65.3 Å². The monoisotopic (exact) mass is 326 g/mol. The van der Waals surface area contributed by atoms with Crippen LogP contribution >= 0.6 is 15.9 Å². The molecule has 7 heteroatoms. The summed E-state index contributed by atoms with van der Waals surface area (Å²) in [6.07, 6.45) is 1.08. The third-order valence-corrected chi connectivity index (χ3v) is 2.86. The maximum Gasteiger partial charge on any atom is 0.290 e. The summed E-state index contributed by atoms with van der Waals surface area (Å²) < 4.78 is 19.4. The fraction of sp³-hybridized carbons (Fsp3) is 0.0833. The van der Waals surface area contributed by atoms with Crippen LogP contribution in [0.2, 0.25) is 0 Å². The fourth-order valence-electron chi connectivity index (χ4n) is 1.44. The lowest BCUT2D eigenvalue weighted by Crippen LogP contribution is -1.96. The van der Waals surface area contributed by atoms with Crippen molar-refractivity contribution < 1.29 is 14.1 Å². The third-order valence-electron chi connectivity index (χ3n) is 2.36. The third kappa shape index (κ3) is 3.05. The summed E-state index contributed by atoms with van der Waals surface area (Å²) in [7, 11) is 0. The molecule has 98 valence electrons. The Kier molecular flexibility index (Phi) is 3.75. The molecule has 0 saturated carbocycles. The number of hydrogen-bond donors (Lipinski definition) is 0. The van der Waals surface area contributed by atoms with Crippen molar-refractivity contribution in [3.8, 4) is 11.6 Å². The van der Waals surface area contributed by atoms with Gasteiger partial charge in [0.25, 0.3) is 5.69 Å². The summed E-state index contributed by atoms with van der Waals surface area (Å²) in [4.78, 5) is 13.9. The summed E-state index contributed by atoms with van der Waals surface area (Å²) in [6.45, 7) is 1.56. The van der Waals surface area contributed by atoms with Crippen molar-refractivity contribution in [1.29, 1.82) is 0 Å². The molecule has 5 nitrogen and oxygen atoms in total. The van der Waals surface area contributed by atoms with E-state index in [-0.39, 0.29) is 17.3 Å². The summed E-state index contributed by atoms with van der Waals surface area (Å²) >= 11 is 3.20. The second-order valence-corrected chi connectivity index (χ2v) is 4.66. The van der Waals surface area contributed by atoms with E-state index in [1.54, 1.807) is 6.92 Å². The van der Waals surface area contributed by atoms with Crippen molar-refractivity contribution >= 4 is 21.6 Å². The molecule has 1 aromatic heterocycles. The van der Waals surface area contributed by atoms with Crippen molar-refractivity contribution in [3.63, 3.8) is 0 Å². The van der Waals surface area contributed by atoms with Gasteiger partial charge in [-0.1, -0.05) is 15.9 Å². The average molecular weight is 327 g/mol. The Hall–Kier alpha value is -2.02. The van der Waals surface area contributed by atoms with E-state index in [0.717, 1.165) is 6.20 Å². The first-order valence-corrected chi connectivity index (χ1v) is 6.00. The Balaban J connectivity index is 2.31. The molecular weight excluding hydrogens is 319 g/mol. The molecular formula is C12H8BrFN2O3. The highest BCUT2D eigenvalue weighted by atomic mass is 79.9. The highest BCUT2D eigenvalue weighted by Crippen LogP contribution is 2.28. The van der Waals surface area contributed by atoms with Gasteiger partial charge < -0.3 is 4.74 Å². The number of rotatable bonds is 3. The number of halogens is 2. The van der Waals surface area contributed by atoms with E-state index in [0.29, 0.717) is 10.0 Å². The summed E-state index contributed by atoms with van der Waals surface area (Å²) in [5.74, 6) is -0.448. The zero-order chi connectivity index (χ0) is 14.0. The van der Waals surface area contributed by atoms with E-state index >= 15 is 0 Å². The Labute approximate surface area is 116 Å². The standard InChI is InChI=1S/C12H8BrFN2O3/c1-7-4-12(15-6-10(7)16(17)18)19-11-5-8(13)2-3-9(11)14/h2-6H,1H3. The number of nitro groups is 1. The average Bonchev–Trinajstić information content (AvgIpc) is 2.33. The minimum absolute atomic E-state index is 0.00451. The maximum absolute atomic E-state index is 13.5. The van der Waals surface area contributed by atoms with E-state index in [2.05, 4.69) is 20.9 Å². The van der Waals surface area contributed by atoms with Gasteiger partial charge in [0.05, 0.1) is 4.92 Å². The quantitative estimate of drug-likeness (QED) is 0.631. The molecule has 0 aliphatic heterocycles. The van der Waals surface area contributed by atoms with Crippen LogP contribution in [-0.4, -0.2) is 9.91 Å². The smallest absolute Gasteiger partial charge is 0.290 e. The molecule has 0 atom stereocenters. The number of aryl methyl sites for hydroxylation is 1. The zero-order valence-electron chi connectivity index (χ0n) is 9.76. The molecule has 2 aromatic rings. The lowest BCUT2D eigenvalue weighted by Gasteiger charge is -2.06. The van der Waals surface area contributed by atoms with Crippen LogP contribution in [0.4, 0.5) is 10.1 Å². The SMILES string of the molecule is Cc1cc(Oc2cc(Br)ccc2F)ncc1[N+](=O)[O-]. The van der Waals surface area contributed by atoms with Crippen LogP contribution in [0.25, 0.3) is 0 Å². The number of benzene rings is 1. The second-order valence-electron chi connectivity index (χ2n) is 3.74. The molecule has 0 aliphatic carbocycles. The Morgan fingerprint density at radius 3 is 2.79 bits per heavy atom. The van der Waals surface area contributed by atoms with Gasteiger partial charge in [0.1, 0.15) is 6.20 Å². The zero-order valence-corrected chi connectivity index (χ0v) is 11.3. The van der Waals surface area contributed by atoms with E-state index in [4.69, 9.17) is 4.74 Å². The highest BCUT2D eigenvalue weighted by Gasteiger charge is 2.13. The van der Waals surface area contributed by atoms with E-state index in [1.165, 1.54) is 24.3 Å². The predicted octanol–water partition coefficient (Wildman–Crippen LogP) is 3.99. The lowest BCUT2D eigenvalue weighted by atomic mass is 10.2. The predicted molar refractivity (Wildman–Crippen MR) is 69.8 cm³/mol. The minimum Gasteiger partial charge on any atom is -0.436 e. The number of aromatic nitrogens is 1. The molecule has 1 aromatic carbocycles. The number of ether oxygens (including phenoxy) is 1. The molecule has 0 bridgehead atoms. The molecule has 0 radical (unpaired) electrons. The molecule has 0 fully saturated rings. The van der Waals surface area contributed by atoms with Crippen LogP contribution in [0.1, 0.15) is 5.56 Å². The van der Waals surface area contributed by atoms with Gasteiger partial charge in [-0.15, -0.1) is 0 Å². The Morgan fingerprint density at radius 2 is 2.16 bits per heavy atom. The van der Waals surface area contributed by atoms with Crippen LogP contribution in [0.3, 0.4) is 0 Å². The second kappa shape index (κ2) is 5.31. The molecule has 0 N–H and O–H groups in total. The normalized spacial score (nSPS) is 10.3. The first-order chi connectivity index (χ1) is 8.97. The van der Waals surface area contributed by atoms with Gasteiger partial charge in [-0.3, -0.25) is 10.1 Å². The first-order valence-electron chi connectivity index (χ1n) is 5.21. The lowest BCUT2D eigenvalue weighted by molar-refractivity contribution is -0.385. The van der Waals surface area contributed by atoms with Gasteiger partial charge >= 0.3 is 0 Å². The molecule has 1 heterocycles. The fourth-order valence-corrected chi connectivity index (χ4v) is 1.78. The Bertz CT molecular complexity index is 649. The van der Waals surface area contributed by atoms with Gasteiger partial charge in [-0.2, -0.15) is 0 Å². The number of nitrogens with zero attached hydrogens (tertiary/aromatic N) is 2. The van der Waals surface area contributed by atoms with Crippen LogP contribution < -0.4 is 4.74 Å². The molecule has 0 spiro atoms. The number of pyridine rings is 1. The van der Waals surface area contributed by atoms with E-state index in [1.807, 2.05) is 0 Å². The molecule has 0 aliphatic rings. The van der Waals surface area contributed by atoms with E-state index < -0.39 is 10.7 Å². The number of hydrogen-bond acceptors (Lipinski definition) is 4. The largest absolute Gasteiger partial charge is 0.436 e. The van der Waals surface area contributed by atoms with Gasteiger partial charge in [0.2, 0.25) is 5.88 Å². The summed E-state index contributed by atoms with van der Waals surface area (Å²) in [5.41, 5.74) is 0.285. The molecule has 0 unspecified atom stereocenters. The van der Waals surface area contributed by atoms with Crippen molar-refractivity contribution in [2.45, 2.75) is 6.92 Å². The van der Waals surface area contributed by atoms with Gasteiger partial charge in [-0.25, -0.2) is 9.37 Å². The molecule has 2 rings (SSSR count). The van der Waals surface area contributed by atoms with Gasteiger partial charge in [0.15, 0.2) is 11.6 Å². The molecule has 0 amide bonds. The van der Waals surface area contributed by atoms with Crippen molar-refractivity contribution in [1.82, 2.24) is 4.98 Å². The van der Waals surface area contributed by atoms with Gasteiger partial charge in [-0.05, 0) is 25.1 Å². The van der Waals surface area contributed by atoms with Crippen LogP contribution in [0.5, 0.6) is 11.6 Å². The molecule has 0 saturated heterocycles. The van der Waals surface area contributed by atoms with Gasteiger partial charge in [0, 0.05) is 16.1 Å². The van der Waals surface area contributed by atoms with Crippen molar-refractivity contribution in [2.24, 2.45) is 0 Å². The minimum atomic E-state index is -0.541.